The fraction of sp³-hybridized carbons (Fsp3) is 0.133. The Morgan fingerprint density at radius 1 is 1.33 bits per heavy atom. The predicted molar refractivity (Wildman–Crippen MR) is 81.0 cm³/mol. The summed E-state index contributed by atoms with van der Waals surface area (Å²) < 4.78 is 18.7. The van der Waals surface area contributed by atoms with Gasteiger partial charge < -0.3 is 15.8 Å². The standard InChI is InChI=1S/C15H14ClFN2O2/c1-9(21-14-5-3-2-4-12(14)17)15(20)19-10-6-7-11(16)13(18)8-10/h2-9H,18H2,1H3,(H,19,20). The van der Waals surface area contributed by atoms with Gasteiger partial charge in [-0.05, 0) is 37.3 Å². The van der Waals surface area contributed by atoms with Gasteiger partial charge in [-0.2, -0.15) is 0 Å². The minimum absolute atomic E-state index is 0.0239. The van der Waals surface area contributed by atoms with E-state index in [1.54, 1.807) is 24.3 Å². The van der Waals surface area contributed by atoms with Gasteiger partial charge in [-0.25, -0.2) is 4.39 Å². The van der Waals surface area contributed by atoms with Crippen LogP contribution in [0.25, 0.3) is 0 Å². The molecule has 0 spiro atoms. The van der Waals surface area contributed by atoms with Crippen LogP contribution in [-0.4, -0.2) is 12.0 Å². The van der Waals surface area contributed by atoms with Crippen LogP contribution in [0, 0.1) is 5.82 Å². The lowest BCUT2D eigenvalue weighted by Gasteiger charge is -2.15. The Balaban J connectivity index is 2.02. The molecule has 0 aliphatic carbocycles. The van der Waals surface area contributed by atoms with Crippen molar-refractivity contribution in [2.45, 2.75) is 13.0 Å². The van der Waals surface area contributed by atoms with Crippen molar-refractivity contribution in [2.24, 2.45) is 0 Å². The lowest BCUT2D eigenvalue weighted by Crippen LogP contribution is -2.30. The second kappa shape index (κ2) is 6.45. The molecule has 0 saturated carbocycles. The van der Waals surface area contributed by atoms with Crippen molar-refractivity contribution < 1.29 is 13.9 Å². The Kier molecular flexibility index (Phi) is 4.65. The molecule has 2 rings (SSSR count). The average Bonchev–Trinajstić information content (AvgIpc) is 2.45. The van der Waals surface area contributed by atoms with Crippen LogP contribution in [0.2, 0.25) is 5.02 Å². The number of benzene rings is 2. The highest BCUT2D eigenvalue weighted by molar-refractivity contribution is 6.33. The third-order valence-electron chi connectivity index (χ3n) is 2.77. The highest BCUT2D eigenvalue weighted by Crippen LogP contribution is 2.23. The smallest absolute Gasteiger partial charge is 0.265 e. The van der Waals surface area contributed by atoms with Crippen LogP contribution in [0.5, 0.6) is 5.75 Å². The number of nitrogens with one attached hydrogen (secondary N) is 1. The number of anilines is 2. The highest BCUT2D eigenvalue weighted by atomic mass is 35.5. The minimum Gasteiger partial charge on any atom is -0.478 e. The molecule has 0 aliphatic rings. The van der Waals surface area contributed by atoms with E-state index in [2.05, 4.69) is 5.32 Å². The molecule has 4 nitrogen and oxygen atoms in total. The van der Waals surface area contributed by atoms with Crippen LogP contribution in [0.1, 0.15) is 6.92 Å². The lowest BCUT2D eigenvalue weighted by atomic mass is 10.2. The largest absolute Gasteiger partial charge is 0.478 e. The second-order valence-corrected chi connectivity index (χ2v) is 4.82. The Bertz CT molecular complexity index is 664. The molecule has 0 bridgehead atoms. The Labute approximate surface area is 126 Å². The molecular weight excluding hydrogens is 295 g/mol. The zero-order chi connectivity index (χ0) is 15.4. The van der Waals surface area contributed by atoms with Crippen LogP contribution in [0.3, 0.4) is 0 Å². The Hall–Kier alpha value is -2.27. The quantitative estimate of drug-likeness (QED) is 0.850. The van der Waals surface area contributed by atoms with E-state index in [4.69, 9.17) is 22.1 Å². The van der Waals surface area contributed by atoms with Crippen molar-refractivity contribution in [3.8, 4) is 5.75 Å². The highest BCUT2D eigenvalue weighted by Gasteiger charge is 2.16. The molecule has 0 fully saturated rings. The van der Waals surface area contributed by atoms with E-state index in [0.717, 1.165) is 0 Å². The number of para-hydroxylation sites is 1. The number of hydrogen-bond donors (Lipinski definition) is 2. The zero-order valence-corrected chi connectivity index (χ0v) is 12.0. The molecule has 1 amide bonds. The summed E-state index contributed by atoms with van der Waals surface area (Å²) in [6.45, 7) is 1.53. The van der Waals surface area contributed by atoms with Gasteiger partial charge >= 0.3 is 0 Å². The van der Waals surface area contributed by atoms with Crippen molar-refractivity contribution in [3.05, 3.63) is 53.3 Å². The van der Waals surface area contributed by atoms with Gasteiger partial charge in [0.25, 0.3) is 5.91 Å². The van der Waals surface area contributed by atoms with E-state index in [9.17, 15) is 9.18 Å². The summed E-state index contributed by atoms with van der Waals surface area (Å²) in [5.74, 6) is -0.913. The fourth-order valence-corrected chi connectivity index (χ4v) is 1.77. The topological polar surface area (TPSA) is 64.3 Å². The first-order valence-corrected chi connectivity index (χ1v) is 6.62. The summed E-state index contributed by atoms with van der Waals surface area (Å²) in [6, 6.07) is 10.6. The van der Waals surface area contributed by atoms with Crippen LogP contribution in [-0.2, 0) is 4.79 Å². The SMILES string of the molecule is CC(Oc1ccccc1F)C(=O)Nc1ccc(Cl)c(N)c1. The summed E-state index contributed by atoms with van der Waals surface area (Å²) in [7, 11) is 0. The van der Waals surface area contributed by atoms with E-state index in [-0.39, 0.29) is 5.75 Å². The molecule has 21 heavy (non-hydrogen) atoms. The summed E-state index contributed by atoms with van der Waals surface area (Å²) in [4.78, 5) is 12.0. The molecule has 1 unspecified atom stereocenters. The molecular formula is C15H14ClFN2O2. The number of nitrogen functional groups attached to an aromatic ring is 1. The molecule has 0 aliphatic heterocycles. The molecule has 110 valence electrons. The second-order valence-electron chi connectivity index (χ2n) is 4.42. The number of carbonyl (C=O) groups is 1. The third-order valence-corrected chi connectivity index (χ3v) is 3.12. The number of amides is 1. The summed E-state index contributed by atoms with van der Waals surface area (Å²) in [5, 5.41) is 3.03. The molecule has 1 atom stereocenters. The van der Waals surface area contributed by atoms with Crippen LogP contribution >= 0.6 is 11.6 Å². The summed E-state index contributed by atoms with van der Waals surface area (Å²) in [6.07, 6.45) is -0.862. The molecule has 0 heterocycles. The number of halogens is 2. The number of ether oxygens (including phenoxy) is 1. The van der Waals surface area contributed by atoms with Crippen molar-refractivity contribution in [1.82, 2.24) is 0 Å². The van der Waals surface area contributed by atoms with Crippen molar-refractivity contribution in [1.29, 1.82) is 0 Å². The Morgan fingerprint density at radius 3 is 2.71 bits per heavy atom. The van der Waals surface area contributed by atoms with Gasteiger partial charge in [0.1, 0.15) is 0 Å². The third kappa shape index (κ3) is 3.86. The number of carbonyl (C=O) groups excluding carboxylic acids is 1. The number of nitrogens with two attached hydrogens (primary N) is 1. The minimum atomic E-state index is -0.862. The van der Waals surface area contributed by atoms with Gasteiger partial charge in [-0.3, -0.25) is 4.79 Å². The van der Waals surface area contributed by atoms with Gasteiger partial charge in [0.05, 0.1) is 10.7 Å². The normalized spacial score (nSPS) is 11.8. The van der Waals surface area contributed by atoms with Gasteiger partial charge in [0.2, 0.25) is 0 Å². The maximum Gasteiger partial charge on any atom is 0.265 e. The van der Waals surface area contributed by atoms with E-state index < -0.39 is 17.8 Å². The number of rotatable bonds is 4. The first-order chi connectivity index (χ1) is 9.97. The van der Waals surface area contributed by atoms with E-state index >= 15 is 0 Å². The first kappa shape index (κ1) is 15.1. The molecule has 2 aromatic carbocycles. The van der Waals surface area contributed by atoms with E-state index in [1.807, 2.05) is 0 Å². The molecule has 0 aromatic heterocycles. The fourth-order valence-electron chi connectivity index (χ4n) is 1.65. The van der Waals surface area contributed by atoms with Gasteiger partial charge in [0.15, 0.2) is 17.7 Å². The average molecular weight is 309 g/mol. The van der Waals surface area contributed by atoms with E-state index in [0.29, 0.717) is 16.4 Å². The van der Waals surface area contributed by atoms with Gasteiger partial charge in [-0.15, -0.1) is 0 Å². The van der Waals surface area contributed by atoms with Crippen LogP contribution in [0.4, 0.5) is 15.8 Å². The van der Waals surface area contributed by atoms with E-state index in [1.165, 1.54) is 25.1 Å². The zero-order valence-electron chi connectivity index (χ0n) is 11.3. The first-order valence-electron chi connectivity index (χ1n) is 6.24. The van der Waals surface area contributed by atoms with Crippen LogP contribution < -0.4 is 15.8 Å². The van der Waals surface area contributed by atoms with Gasteiger partial charge in [0, 0.05) is 5.69 Å². The molecule has 3 N–H and O–H groups in total. The number of hydrogen-bond acceptors (Lipinski definition) is 3. The lowest BCUT2D eigenvalue weighted by molar-refractivity contribution is -0.122. The monoisotopic (exact) mass is 308 g/mol. The maximum absolute atomic E-state index is 13.4. The van der Waals surface area contributed by atoms with Crippen molar-refractivity contribution in [3.63, 3.8) is 0 Å². The molecule has 6 heteroatoms. The predicted octanol–water partition coefficient (Wildman–Crippen LogP) is 3.47. The maximum atomic E-state index is 13.4. The van der Waals surface area contributed by atoms with Crippen LogP contribution in [0.15, 0.2) is 42.5 Å². The van der Waals surface area contributed by atoms with Gasteiger partial charge in [-0.1, -0.05) is 23.7 Å². The van der Waals surface area contributed by atoms with Crippen molar-refractivity contribution >= 4 is 28.9 Å². The summed E-state index contributed by atoms with van der Waals surface area (Å²) in [5.41, 5.74) is 6.50. The molecule has 0 saturated heterocycles. The molecule has 0 radical (unpaired) electrons. The van der Waals surface area contributed by atoms with Crippen molar-refractivity contribution in [2.75, 3.05) is 11.1 Å². The Morgan fingerprint density at radius 2 is 2.05 bits per heavy atom. The summed E-state index contributed by atoms with van der Waals surface area (Å²) >= 11 is 5.80. The molecule has 2 aromatic rings.